The van der Waals surface area contributed by atoms with Gasteiger partial charge in [-0.1, -0.05) is 162 Å². The third kappa shape index (κ3) is 29.3. The molecule has 2 fully saturated rings. The van der Waals surface area contributed by atoms with Crippen molar-refractivity contribution in [2.75, 3.05) is 6.61 Å². The number of aryl methyl sites for hydroxylation is 2. The standard InChI is InChI=1S/C19H24N2O2.C19H26N2O2.C18H24N2O.C17H20N2O.C17H22N2O.C16H20N2O2/c1-14(2)15-12-19(22)21(20-13-15)16-8-10-18(11-9-16)23-17-6-4-3-5-7-17;1-14(2)15-12-18(22)21(20-13-15)16-6-8-17(9-7-16)23-11-10-19(3,4)5;1-11(2)17-13(5)19-18(20-14(17)6)15-7-9-16(10-8-15)21-12(3)4;1-12(2)13-10-16(20)19(18-11-13)15-6-4-14(5-7-15)17(3)8-9-17;1-12(2)13-10-16(20)19(18-11-13)15-8-6-14(7-9-15)17(3,4)5;1-11(2)13-9-16(19)18(17-10-13)14-5-7-15(8-6-14)20-12(3)4/h8-14,17H,3-7H2,1-2H3;6-9,12-14H,10-11H2,1-5H3;7-12H,1-6H3;4-7,10-12H,8-9H2,1-3H3;6-12H,1-5H3;5-12H,1-4H3. The Kier molecular flexibility index (Phi) is 34.9. The number of ether oxygens (including phenoxy) is 4. The van der Waals surface area contributed by atoms with E-state index in [0.29, 0.717) is 53.6 Å². The van der Waals surface area contributed by atoms with Gasteiger partial charge in [-0.05, 0) is 304 Å². The highest BCUT2D eigenvalue weighted by Gasteiger charge is 2.39. The van der Waals surface area contributed by atoms with Gasteiger partial charge in [0.15, 0.2) is 5.82 Å². The fourth-order valence-electron chi connectivity index (χ4n) is 14.0. The van der Waals surface area contributed by atoms with Gasteiger partial charge in [-0.15, -0.1) is 0 Å². The van der Waals surface area contributed by atoms with Gasteiger partial charge in [0.2, 0.25) is 0 Å². The van der Waals surface area contributed by atoms with Crippen molar-refractivity contribution in [2.24, 2.45) is 5.41 Å². The molecular weight excluding hydrogens is 1590 g/mol. The molecule has 0 saturated heterocycles. The van der Waals surface area contributed by atoms with E-state index in [9.17, 15) is 24.0 Å². The largest absolute Gasteiger partial charge is 0.494 e. The van der Waals surface area contributed by atoms with E-state index < -0.39 is 0 Å². The van der Waals surface area contributed by atoms with Crippen LogP contribution in [0, 0.1) is 19.3 Å². The van der Waals surface area contributed by atoms with Crippen LogP contribution in [0.2, 0.25) is 0 Å². The molecule has 0 bridgehead atoms. The second-order valence-corrected chi connectivity index (χ2v) is 38.0. The first-order chi connectivity index (χ1) is 60.0. The van der Waals surface area contributed by atoms with E-state index in [-0.39, 0.29) is 50.8 Å². The molecule has 6 heterocycles. The molecule has 6 aromatic carbocycles. The van der Waals surface area contributed by atoms with Gasteiger partial charge in [-0.25, -0.2) is 9.97 Å². The van der Waals surface area contributed by atoms with E-state index in [4.69, 9.17) is 18.9 Å². The van der Waals surface area contributed by atoms with Crippen LogP contribution < -0.4 is 46.7 Å². The van der Waals surface area contributed by atoms with Gasteiger partial charge in [-0.3, -0.25) is 24.0 Å². The first-order valence-electron chi connectivity index (χ1n) is 45.1. The minimum atomic E-state index is -0.117. The highest BCUT2D eigenvalue weighted by Crippen LogP contribution is 2.47. The maximum absolute atomic E-state index is 12.2. The molecule has 14 rings (SSSR count). The Morgan fingerprint density at radius 3 is 0.961 bits per heavy atom. The lowest BCUT2D eigenvalue weighted by atomic mass is 9.87. The zero-order valence-electron chi connectivity index (χ0n) is 79.7. The zero-order valence-corrected chi connectivity index (χ0v) is 79.7. The van der Waals surface area contributed by atoms with Crippen molar-refractivity contribution in [1.82, 2.24) is 58.9 Å². The number of aromatic nitrogens is 12. The van der Waals surface area contributed by atoms with Gasteiger partial charge in [0, 0.05) is 47.3 Å². The van der Waals surface area contributed by atoms with Crippen molar-refractivity contribution in [3.63, 3.8) is 0 Å². The van der Waals surface area contributed by atoms with E-state index in [0.717, 1.165) is 121 Å². The number of rotatable bonds is 22. The summed E-state index contributed by atoms with van der Waals surface area (Å²) in [5.74, 6) is 6.10. The highest BCUT2D eigenvalue weighted by atomic mass is 16.5. The molecule has 21 nitrogen and oxygen atoms in total. The smallest absolute Gasteiger partial charge is 0.271 e. The fourth-order valence-corrected chi connectivity index (χ4v) is 14.0. The maximum atomic E-state index is 12.2. The van der Waals surface area contributed by atoms with E-state index in [1.54, 1.807) is 61.3 Å². The van der Waals surface area contributed by atoms with Gasteiger partial charge in [-0.2, -0.15) is 48.9 Å². The van der Waals surface area contributed by atoms with Crippen molar-refractivity contribution in [3.05, 3.63) is 315 Å². The van der Waals surface area contributed by atoms with Crippen LogP contribution in [-0.2, 0) is 10.8 Å². The second kappa shape index (κ2) is 44.9. The summed E-state index contributed by atoms with van der Waals surface area (Å²) in [6.07, 6.45) is 19.1. The van der Waals surface area contributed by atoms with Crippen molar-refractivity contribution in [1.29, 1.82) is 0 Å². The predicted octanol–water partition coefficient (Wildman–Crippen LogP) is 23.1. The second-order valence-electron chi connectivity index (χ2n) is 38.0. The van der Waals surface area contributed by atoms with Crippen molar-refractivity contribution in [3.8, 4) is 62.8 Å². The van der Waals surface area contributed by atoms with E-state index >= 15 is 0 Å². The zero-order chi connectivity index (χ0) is 92.8. The van der Waals surface area contributed by atoms with Gasteiger partial charge in [0.05, 0.1) is 84.3 Å². The van der Waals surface area contributed by atoms with Crippen LogP contribution in [0.3, 0.4) is 0 Å². The molecule has 2 saturated carbocycles. The lowest BCUT2D eigenvalue weighted by molar-refractivity contribution is 0.155. The summed E-state index contributed by atoms with van der Waals surface area (Å²) in [4.78, 5) is 70.1. The first kappa shape index (κ1) is 98.8. The molecule has 0 amide bonds. The first-order valence-corrected chi connectivity index (χ1v) is 45.1. The van der Waals surface area contributed by atoms with Crippen molar-refractivity contribution in [2.45, 2.75) is 289 Å². The summed E-state index contributed by atoms with van der Waals surface area (Å²) in [5.41, 5.74) is 15.9. The SMILES string of the molecule is CC(C)Oc1ccc(-n2ncc(C(C)C)cc2=O)cc1.CC(C)c1cnn(-c2ccc(C(C)(C)C)cc2)c(=O)c1.CC(C)c1cnn(-c2ccc(C3(C)CC3)cc2)c(=O)c1.CC(C)c1cnn(-c2ccc(OC3CCCCC3)cc2)c(=O)c1.CC(C)c1cnn(-c2ccc(OCCC(C)(C)C)cc2)c(=O)c1.Cc1nc(-c2ccc(OC(C)C)cc2)nc(C)c1C(C)C. The average Bonchev–Trinajstić information content (AvgIpc) is 1.63. The Hall–Kier alpha value is -12.0. The molecule has 12 aromatic rings. The highest BCUT2D eigenvalue weighted by molar-refractivity contribution is 5.57. The molecule has 2 aliphatic carbocycles. The Morgan fingerprint density at radius 1 is 0.378 bits per heavy atom. The summed E-state index contributed by atoms with van der Waals surface area (Å²) in [6.45, 7) is 53.0. The summed E-state index contributed by atoms with van der Waals surface area (Å²) >= 11 is 0. The molecule has 0 spiro atoms. The van der Waals surface area contributed by atoms with Crippen LogP contribution in [0.1, 0.15) is 302 Å². The van der Waals surface area contributed by atoms with Crippen LogP contribution in [-0.4, -0.2) is 83.8 Å². The predicted molar refractivity (Wildman–Crippen MR) is 515 cm³/mol. The maximum Gasteiger partial charge on any atom is 0.271 e. The minimum Gasteiger partial charge on any atom is -0.494 e. The van der Waals surface area contributed by atoms with Gasteiger partial charge >= 0.3 is 0 Å². The Bertz CT molecular complexity index is 5690. The third-order valence-electron chi connectivity index (χ3n) is 22.2. The normalized spacial score (nSPS) is 13.0. The number of hydrogen-bond donors (Lipinski definition) is 0. The topological polar surface area (TPSA) is 237 Å². The number of nitrogens with zero attached hydrogens (tertiary/aromatic N) is 12. The molecule has 0 aliphatic heterocycles. The van der Waals surface area contributed by atoms with Crippen LogP contribution in [0.5, 0.6) is 23.0 Å². The molecular formula is C106H136N12O9. The Balaban J connectivity index is 0.000000172. The quantitative estimate of drug-likeness (QED) is 0.0613. The molecule has 127 heavy (non-hydrogen) atoms. The van der Waals surface area contributed by atoms with E-state index in [2.05, 4.69) is 177 Å². The van der Waals surface area contributed by atoms with Crippen LogP contribution >= 0.6 is 0 Å². The van der Waals surface area contributed by atoms with E-state index in [1.165, 1.54) is 72.2 Å². The van der Waals surface area contributed by atoms with Crippen LogP contribution in [0.15, 0.2) is 231 Å². The summed E-state index contributed by atoms with van der Waals surface area (Å²) in [5, 5.41) is 21.3. The van der Waals surface area contributed by atoms with Gasteiger partial charge in [0.1, 0.15) is 23.0 Å². The molecule has 0 atom stereocenters. The van der Waals surface area contributed by atoms with Crippen molar-refractivity contribution < 1.29 is 18.9 Å². The molecule has 0 radical (unpaired) electrons. The Labute approximate surface area is 752 Å². The molecule has 674 valence electrons. The molecule has 2 aliphatic rings. The molecule has 21 heteroatoms. The summed E-state index contributed by atoms with van der Waals surface area (Å²) in [6, 6.07) is 54.9. The number of hydrogen-bond acceptors (Lipinski definition) is 16. The van der Waals surface area contributed by atoms with Gasteiger partial charge in [0.25, 0.3) is 27.8 Å². The molecule has 0 N–H and O–H groups in total. The van der Waals surface area contributed by atoms with Crippen LogP contribution in [0.4, 0.5) is 0 Å². The number of benzene rings is 6. The van der Waals surface area contributed by atoms with E-state index in [1.807, 2.05) is 177 Å². The summed E-state index contributed by atoms with van der Waals surface area (Å²) < 4.78 is 30.1. The average molecular weight is 1720 g/mol. The van der Waals surface area contributed by atoms with Gasteiger partial charge < -0.3 is 18.9 Å². The third-order valence-corrected chi connectivity index (χ3v) is 22.2. The van der Waals surface area contributed by atoms with Crippen LogP contribution in [0.25, 0.3) is 39.8 Å². The molecule has 0 unspecified atom stereocenters. The summed E-state index contributed by atoms with van der Waals surface area (Å²) in [7, 11) is 0. The Morgan fingerprint density at radius 2 is 0.677 bits per heavy atom. The monoisotopic (exact) mass is 1720 g/mol. The lowest BCUT2D eigenvalue weighted by Gasteiger charge is -2.23. The lowest BCUT2D eigenvalue weighted by Crippen LogP contribution is -2.21. The molecule has 6 aromatic heterocycles. The minimum absolute atomic E-state index is 0.0680. The fraction of sp³-hybridized carbons (Fsp3) is 0.434. The van der Waals surface area contributed by atoms with Crippen molar-refractivity contribution >= 4 is 0 Å².